The van der Waals surface area contributed by atoms with E-state index in [0.29, 0.717) is 0 Å². The van der Waals surface area contributed by atoms with Crippen LogP contribution in [-0.2, 0) is 6.42 Å². The van der Waals surface area contributed by atoms with E-state index in [1.165, 1.54) is 0 Å². The lowest BCUT2D eigenvalue weighted by atomic mass is 10.1. The van der Waals surface area contributed by atoms with E-state index in [1.54, 1.807) is 0 Å². The van der Waals surface area contributed by atoms with E-state index in [2.05, 4.69) is 28.3 Å². The molecule has 0 spiro atoms. The lowest BCUT2D eigenvalue weighted by molar-refractivity contribution is 0.983. The molecule has 3 heteroatoms. The third kappa shape index (κ3) is 2.61. The molecule has 0 saturated carbocycles. The minimum atomic E-state index is 0.805. The van der Waals surface area contributed by atoms with E-state index < -0.39 is 0 Å². The van der Waals surface area contributed by atoms with Gasteiger partial charge >= 0.3 is 0 Å². The molecule has 88 valence electrons. The van der Waals surface area contributed by atoms with E-state index in [1.807, 2.05) is 38.2 Å². The van der Waals surface area contributed by atoms with Crippen LogP contribution in [0.2, 0.25) is 0 Å². The van der Waals surface area contributed by atoms with Gasteiger partial charge in [0.1, 0.15) is 0 Å². The summed E-state index contributed by atoms with van der Waals surface area (Å²) in [5.41, 5.74) is 4.23. The second-order valence-corrected chi connectivity index (χ2v) is 4.01. The van der Waals surface area contributed by atoms with Crippen molar-refractivity contribution in [3.05, 3.63) is 41.7 Å². The number of aryl methyl sites for hydroxylation is 2. The van der Waals surface area contributed by atoms with Crippen molar-refractivity contribution in [2.24, 2.45) is 0 Å². The van der Waals surface area contributed by atoms with Crippen LogP contribution in [0.5, 0.6) is 0 Å². The maximum absolute atomic E-state index is 4.56. The van der Waals surface area contributed by atoms with E-state index >= 15 is 0 Å². The molecule has 0 atom stereocenters. The predicted octanol–water partition coefficient (Wildman–Crippen LogP) is 3.06. The molecule has 0 radical (unpaired) electrons. The van der Waals surface area contributed by atoms with Crippen LogP contribution in [0, 0.1) is 6.92 Å². The molecule has 2 rings (SSSR count). The van der Waals surface area contributed by atoms with Gasteiger partial charge in [-0.15, -0.1) is 0 Å². The fraction of sp³-hybridized carbons (Fsp3) is 0.286. The van der Waals surface area contributed by atoms with Crippen molar-refractivity contribution in [1.29, 1.82) is 0 Å². The van der Waals surface area contributed by atoms with Crippen LogP contribution in [0.15, 0.2) is 30.3 Å². The van der Waals surface area contributed by atoms with Gasteiger partial charge in [-0.2, -0.15) is 0 Å². The molecule has 0 fully saturated rings. The van der Waals surface area contributed by atoms with Gasteiger partial charge in [0.25, 0.3) is 0 Å². The van der Waals surface area contributed by atoms with Gasteiger partial charge in [0, 0.05) is 29.7 Å². The second kappa shape index (κ2) is 4.95. The number of nitrogens with one attached hydrogen (secondary N) is 1. The van der Waals surface area contributed by atoms with Crippen molar-refractivity contribution in [3.8, 4) is 11.4 Å². The first kappa shape index (κ1) is 11.6. The number of rotatable bonds is 3. The predicted molar refractivity (Wildman–Crippen MR) is 71.1 cm³/mol. The molecular weight excluding hydrogens is 210 g/mol. The molecule has 1 aromatic heterocycles. The topological polar surface area (TPSA) is 37.8 Å². The first-order chi connectivity index (χ1) is 8.22. The van der Waals surface area contributed by atoms with Crippen LogP contribution in [-0.4, -0.2) is 17.0 Å². The molecule has 0 unspecified atom stereocenters. The Bertz CT molecular complexity index is 521. The van der Waals surface area contributed by atoms with Crippen molar-refractivity contribution in [2.75, 3.05) is 12.4 Å². The van der Waals surface area contributed by atoms with Crippen molar-refractivity contribution >= 4 is 5.69 Å². The van der Waals surface area contributed by atoms with E-state index in [-0.39, 0.29) is 0 Å². The third-order valence-corrected chi connectivity index (χ3v) is 2.68. The first-order valence-electron chi connectivity index (χ1n) is 5.85. The summed E-state index contributed by atoms with van der Waals surface area (Å²) in [5, 5.41) is 3.12. The zero-order chi connectivity index (χ0) is 12.3. The molecule has 0 amide bonds. The van der Waals surface area contributed by atoms with Gasteiger partial charge < -0.3 is 5.32 Å². The van der Waals surface area contributed by atoms with E-state index in [4.69, 9.17) is 0 Å². The molecule has 0 aliphatic rings. The van der Waals surface area contributed by atoms with Gasteiger partial charge in [-0.25, -0.2) is 9.97 Å². The number of hydrogen-bond donors (Lipinski definition) is 1. The van der Waals surface area contributed by atoms with Crippen LogP contribution in [0.25, 0.3) is 11.4 Å². The molecule has 17 heavy (non-hydrogen) atoms. The SMILES string of the molecule is CCc1cc(C)nc(-c2cccc(NC)c2)n1. The van der Waals surface area contributed by atoms with Crippen LogP contribution < -0.4 is 5.32 Å². The van der Waals surface area contributed by atoms with Crippen LogP contribution in [0.3, 0.4) is 0 Å². The molecule has 0 saturated heterocycles. The quantitative estimate of drug-likeness (QED) is 0.875. The molecule has 1 N–H and O–H groups in total. The summed E-state index contributed by atoms with van der Waals surface area (Å²) in [4.78, 5) is 9.05. The van der Waals surface area contributed by atoms with Gasteiger partial charge in [-0.05, 0) is 31.5 Å². The van der Waals surface area contributed by atoms with Crippen molar-refractivity contribution in [1.82, 2.24) is 9.97 Å². The summed E-state index contributed by atoms with van der Waals surface area (Å²) in [6.07, 6.45) is 0.933. The smallest absolute Gasteiger partial charge is 0.159 e. The normalized spacial score (nSPS) is 10.3. The molecule has 0 aliphatic heterocycles. The Kier molecular flexibility index (Phi) is 3.38. The van der Waals surface area contributed by atoms with Gasteiger partial charge in [0.2, 0.25) is 0 Å². The minimum absolute atomic E-state index is 0.805. The highest BCUT2D eigenvalue weighted by Crippen LogP contribution is 2.19. The van der Waals surface area contributed by atoms with Crippen molar-refractivity contribution in [3.63, 3.8) is 0 Å². The Morgan fingerprint density at radius 1 is 1.18 bits per heavy atom. The van der Waals surface area contributed by atoms with Crippen LogP contribution in [0.4, 0.5) is 5.69 Å². The highest BCUT2D eigenvalue weighted by Gasteiger charge is 2.04. The molecular formula is C14H17N3. The minimum Gasteiger partial charge on any atom is -0.388 e. The Hall–Kier alpha value is -1.90. The van der Waals surface area contributed by atoms with Crippen LogP contribution >= 0.6 is 0 Å². The van der Waals surface area contributed by atoms with Crippen LogP contribution in [0.1, 0.15) is 18.3 Å². The molecule has 0 bridgehead atoms. The lowest BCUT2D eigenvalue weighted by Crippen LogP contribution is -1.97. The summed E-state index contributed by atoms with van der Waals surface area (Å²) >= 11 is 0. The lowest BCUT2D eigenvalue weighted by Gasteiger charge is -2.06. The standard InChI is InChI=1S/C14H17N3/c1-4-12-8-10(2)16-14(17-12)11-6-5-7-13(9-11)15-3/h5-9,15H,4H2,1-3H3. The van der Waals surface area contributed by atoms with E-state index in [9.17, 15) is 0 Å². The number of benzene rings is 1. The second-order valence-electron chi connectivity index (χ2n) is 4.01. The fourth-order valence-electron chi connectivity index (χ4n) is 1.76. The van der Waals surface area contributed by atoms with Crippen molar-refractivity contribution < 1.29 is 0 Å². The molecule has 1 heterocycles. The average molecular weight is 227 g/mol. The van der Waals surface area contributed by atoms with Gasteiger partial charge in [0.05, 0.1) is 0 Å². The Balaban J connectivity index is 2.47. The maximum Gasteiger partial charge on any atom is 0.159 e. The number of aromatic nitrogens is 2. The highest BCUT2D eigenvalue weighted by atomic mass is 14.9. The molecule has 0 aliphatic carbocycles. The Morgan fingerprint density at radius 3 is 2.71 bits per heavy atom. The van der Waals surface area contributed by atoms with Gasteiger partial charge in [0.15, 0.2) is 5.82 Å². The number of anilines is 1. The summed E-state index contributed by atoms with van der Waals surface area (Å²) in [5.74, 6) is 0.805. The average Bonchev–Trinajstić information content (AvgIpc) is 2.38. The zero-order valence-corrected chi connectivity index (χ0v) is 10.5. The third-order valence-electron chi connectivity index (χ3n) is 2.68. The maximum atomic E-state index is 4.56. The fourth-order valence-corrected chi connectivity index (χ4v) is 1.76. The van der Waals surface area contributed by atoms with Gasteiger partial charge in [-0.3, -0.25) is 0 Å². The molecule has 2 aromatic rings. The number of hydrogen-bond acceptors (Lipinski definition) is 3. The Labute approximate surface area is 102 Å². The van der Waals surface area contributed by atoms with E-state index in [0.717, 1.165) is 34.9 Å². The summed E-state index contributed by atoms with van der Waals surface area (Å²) in [6.45, 7) is 4.11. The Morgan fingerprint density at radius 2 is 2.00 bits per heavy atom. The number of nitrogens with zero attached hydrogens (tertiary/aromatic N) is 2. The summed E-state index contributed by atoms with van der Waals surface area (Å²) in [6, 6.07) is 10.2. The largest absolute Gasteiger partial charge is 0.388 e. The van der Waals surface area contributed by atoms with Gasteiger partial charge in [-0.1, -0.05) is 19.1 Å². The zero-order valence-electron chi connectivity index (χ0n) is 10.5. The first-order valence-corrected chi connectivity index (χ1v) is 5.85. The van der Waals surface area contributed by atoms with Crippen molar-refractivity contribution in [2.45, 2.75) is 20.3 Å². The molecule has 1 aromatic carbocycles. The monoisotopic (exact) mass is 227 g/mol. The summed E-state index contributed by atoms with van der Waals surface area (Å²) in [7, 11) is 1.91. The molecule has 3 nitrogen and oxygen atoms in total. The summed E-state index contributed by atoms with van der Waals surface area (Å²) < 4.78 is 0. The highest BCUT2D eigenvalue weighted by molar-refractivity contribution is 5.62.